The van der Waals surface area contributed by atoms with E-state index in [1.165, 1.54) is 6.07 Å². The molecule has 0 radical (unpaired) electrons. The molecule has 0 aliphatic heterocycles. The summed E-state index contributed by atoms with van der Waals surface area (Å²) in [5, 5.41) is 8.48. The third-order valence-electron chi connectivity index (χ3n) is 1.42. The molecule has 0 aromatic carbocycles. The summed E-state index contributed by atoms with van der Waals surface area (Å²) < 4.78 is 24.4. The Morgan fingerprint density at radius 3 is 2.71 bits per heavy atom. The molecule has 0 unspecified atom stereocenters. The second kappa shape index (κ2) is 4.32. The van der Waals surface area contributed by atoms with Gasteiger partial charge >= 0.3 is 5.97 Å². The third-order valence-corrected chi connectivity index (χ3v) is 1.64. The second-order valence-corrected chi connectivity index (χ2v) is 3.01. The van der Waals surface area contributed by atoms with Gasteiger partial charge in [0.25, 0.3) is 6.43 Å². The van der Waals surface area contributed by atoms with Gasteiger partial charge in [-0.15, -0.1) is 0 Å². The Morgan fingerprint density at radius 2 is 2.21 bits per heavy atom. The smallest absolute Gasteiger partial charge is 0.309 e. The molecule has 0 atom stereocenters. The van der Waals surface area contributed by atoms with E-state index in [-0.39, 0.29) is 10.7 Å². The van der Waals surface area contributed by atoms with Crippen molar-refractivity contribution in [3.05, 3.63) is 28.5 Å². The van der Waals surface area contributed by atoms with Crippen LogP contribution in [-0.2, 0) is 11.2 Å². The van der Waals surface area contributed by atoms with Crippen LogP contribution in [0.2, 0.25) is 5.02 Å². The van der Waals surface area contributed by atoms with Crippen LogP contribution in [0.3, 0.4) is 0 Å². The summed E-state index contributed by atoms with van der Waals surface area (Å²) in [5.41, 5.74) is -0.478. The average Bonchev–Trinajstić information content (AvgIpc) is 2.01. The van der Waals surface area contributed by atoms with Gasteiger partial charge in [-0.3, -0.25) is 9.78 Å². The zero-order valence-electron chi connectivity index (χ0n) is 6.88. The monoisotopic (exact) mass is 221 g/mol. The summed E-state index contributed by atoms with van der Waals surface area (Å²) in [6, 6.07) is 2.26. The van der Waals surface area contributed by atoms with Gasteiger partial charge in [-0.1, -0.05) is 11.6 Å². The minimum absolute atomic E-state index is 0.0281. The molecule has 14 heavy (non-hydrogen) atoms. The van der Waals surface area contributed by atoms with Crippen molar-refractivity contribution in [1.29, 1.82) is 0 Å². The van der Waals surface area contributed by atoms with Crippen molar-refractivity contribution in [2.24, 2.45) is 0 Å². The van der Waals surface area contributed by atoms with E-state index in [0.717, 1.165) is 6.07 Å². The summed E-state index contributed by atoms with van der Waals surface area (Å²) in [6.07, 6.45) is -3.17. The first-order chi connectivity index (χ1) is 6.49. The molecule has 3 nitrogen and oxygen atoms in total. The maximum atomic E-state index is 12.2. The van der Waals surface area contributed by atoms with E-state index in [0.29, 0.717) is 0 Å². The van der Waals surface area contributed by atoms with Gasteiger partial charge in [-0.05, 0) is 12.1 Å². The standard InChI is InChI=1S/C8H6ClF2NO2/c9-4-1-5(3-7(13)14)12-6(2-4)8(10)11/h1-2,8H,3H2,(H,13,14). The molecule has 0 fully saturated rings. The first-order valence-electron chi connectivity index (χ1n) is 3.65. The highest BCUT2D eigenvalue weighted by atomic mass is 35.5. The third kappa shape index (κ3) is 2.92. The van der Waals surface area contributed by atoms with Crippen LogP contribution in [0, 0.1) is 0 Å². The second-order valence-electron chi connectivity index (χ2n) is 2.57. The molecule has 1 rings (SSSR count). The van der Waals surface area contributed by atoms with Crippen LogP contribution in [0.15, 0.2) is 12.1 Å². The van der Waals surface area contributed by atoms with Crippen molar-refractivity contribution in [2.75, 3.05) is 0 Å². The number of halogens is 3. The molecule has 0 saturated carbocycles. The van der Waals surface area contributed by atoms with Gasteiger partial charge in [0.15, 0.2) is 0 Å². The number of pyridine rings is 1. The van der Waals surface area contributed by atoms with Crippen LogP contribution in [0.1, 0.15) is 17.8 Å². The predicted octanol–water partition coefficient (Wildman–Crippen LogP) is 2.30. The number of hydrogen-bond donors (Lipinski definition) is 1. The minimum atomic E-state index is -2.75. The van der Waals surface area contributed by atoms with E-state index >= 15 is 0 Å². The summed E-state index contributed by atoms with van der Waals surface area (Å²) >= 11 is 5.51. The molecular formula is C8H6ClF2NO2. The maximum Gasteiger partial charge on any atom is 0.309 e. The number of carboxylic acid groups (broad SMARTS) is 1. The lowest BCUT2D eigenvalue weighted by atomic mass is 10.2. The summed E-state index contributed by atoms with van der Waals surface area (Å²) in [5.74, 6) is -1.14. The number of nitrogens with zero attached hydrogens (tertiary/aromatic N) is 1. The number of aromatic nitrogens is 1. The SMILES string of the molecule is O=C(O)Cc1cc(Cl)cc(C(F)F)n1. The van der Waals surface area contributed by atoms with Crippen LogP contribution in [0.4, 0.5) is 8.78 Å². The zero-order valence-corrected chi connectivity index (χ0v) is 7.63. The lowest BCUT2D eigenvalue weighted by Crippen LogP contribution is -2.04. The first kappa shape index (κ1) is 10.8. The molecule has 0 aliphatic rings. The van der Waals surface area contributed by atoms with Crippen molar-refractivity contribution in [2.45, 2.75) is 12.8 Å². The van der Waals surface area contributed by atoms with E-state index in [9.17, 15) is 13.6 Å². The van der Waals surface area contributed by atoms with Crippen molar-refractivity contribution < 1.29 is 18.7 Å². The van der Waals surface area contributed by atoms with Crippen molar-refractivity contribution in [1.82, 2.24) is 4.98 Å². The molecule has 76 valence electrons. The van der Waals surface area contributed by atoms with Crippen molar-refractivity contribution in [3.63, 3.8) is 0 Å². The van der Waals surface area contributed by atoms with E-state index in [1.807, 2.05) is 0 Å². The molecule has 1 aromatic rings. The number of hydrogen-bond acceptors (Lipinski definition) is 2. The summed E-state index contributed by atoms with van der Waals surface area (Å²) in [4.78, 5) is 13.7. The van der Waals surface area contributed by atoms with E-state index in [1.54, 1.807) is 0 Å². The van der Waals surface area contributed by atoms with Crippen LogP contribution in [-0.4, -0.2) is 16.1 Å². The number of aliphatic carboxylic acids is 1. The zero-order chi connectivity index (χ0) is 10.7. The Labute approximate surface area is 83.3 Å². The fraction of sp³-hybridized carbons (Fsp3) is 0.250. The topological polar surface area (TPSA) is 50.2 Å². The molecule has 6 heteroatoms. The molecule has 1 aromatic heterocycles. The van der Waals surface area contributed by atoms with E-state index in [4.69, 9.17) is 16.7 Å². The minimum Gasteiger partial charge on any atom is -0.481 e. The highest BCUT2D eigenvalue weighted by Gasteiger charge is 2.12. The Morgan fingerprint density at radius 1 is 1.57 bits per heavy atom. The van der Waals surface area contributed by atoms with Crippen LogP contribution in [0.5, 0.6) is 0 Å². The van der Waals surface area contributed by atoms with Crippen molar-refractivity contribution in [3.8, 4) is 0 Å². The predicted molar refractivity (Wildman–Crippen MR) is 45.5 cm³/mol. The van der Waals surface area contributed by atoms with Gasteiger partial charge in [0.1, 0.15) is 5.69 Å². The fourth-order valence-electron chi connectivity index (χ4n) is 0.930. The van der Waals surface area contributed by atoms with Gasteiger partial charge < -0.3 is 5.11 Å². The quantitative estimate of drug-likeness (QED) is 0.852. The Kier molecular flexibility index (Phi) is 3.35. The number of alkyl halides is 2. The lowest BCUT2D eigenvalue weighted by molar-refractivity contribution is -0.136. The highest BCUT2D eigenvalue weighted by molar-refractivity contribution is 6.30. The fourth-order valence-corrected chi connectivity index (χ4v) is 1.17. The van der Waals surface area contributed by atoms with Crippen molar-refractivity contribution >= 4 is 17.6 Å². The van der Waals surface area contributed by atoms with Gasteiger partial charge in [0.2, 0.25) is 0 Å². The first-order valence-corrected chi connectivity index (χ1v) is 4.03. The van der Waals surface area contributed by atoms with Crippen LogP contribution >= 0.6 is 11.6 Å². The Bertz CT molecular complexity index is 357. The summed E-state index contributed by atoms with van der Waals surface area (Å²) in [7, 11) is 0. The Balaban J connectivity index is 3.01. The summed E-state index contributed by atoms with van der Waals surface area (Å²) in [6.45, 7) is 0. The normalized spacial score (nSPS) is 10.6. The highest BCUT2D eigenvalue weighted by Crippen LogP contribution is 2.21. The van der Waals surface area contributed by atoms with E-state index < -0.39 is 24.5 Å². The maximum absolute atomic E-state index is 12.2. The molecule has 0 spiro atoms. The van der Waals surface area contributed by atoms with Gasteiger partial charge in [-0.25, -0.2) is 8.78 Å². The molecule has 0 aliphatic carbocycles. The van der Waals surface area contributed by atoms with E-state index in [2.05, 4.69) is 4.98 Å². The molecule has 1 heterocycles. The molecule has 0 bridgehead atoms. The Hall–Kier alpha value is -1.23. The van der Waals surface area contributed by atoms with Gasteiger partial charge in [-0.2, -0.15) is 0 Å². The molecular weight excluding hydrogens is 216 g/mol. The van der Waals surface area contributed by atoms with Crippen LogP contribution < -0.4 is 0 Å². The number of carboxylic acids is 1. The van der Waals surface area contributed by atoms with Crippen LogP contribution in [0.25, 0.3) is 0 Å². The van der Waals surface area contributed by atoms with Gasteiger partial charge in [0.05, 0.1) is 12.1 Å². The lowest BCUT2D eigenvalue weighted by Gasteiger charge is -2.02. The van der Waals surface area contributed by atoms with Gasteiger partial charge in [0, 0.05) is 5.02 Å². The number of carbonyl (C=O) groups is 1. The molecule has 0 amide bonds. The average molecular weight is 222 g/mol. The molecule has 1 N–H and O–H groups in total. The largest absolute Gasteiger partial charge is 0.481 e. The molecule has 0 saturated heterocycles. The number of rotatable bonds is 3.